The number of ether oxygens (including phenoxy) is 2. The highest BCUT2D eigenvalue weighted by Crippen LogP contribution is 2.19. The summed E-state index contributed by atoms with van der Waals surface area (Å²) in [6.45, 7) is 7.46. The zero-order chi connectivity index (χ0) is 20.1. The molecule has 1 saturated heterocycles. The van der Waals surface area contributed by atoms with Crippen molar-refractivity contribution in [1.82, 2.24) is 9.80 Å². The molecule has 0 spiro atoms. The molecule has 1 aromatic heterocycles. The van der Waals surface area contributed by atoms with Crippen molar-refractivity contribution in [1.29, 1.82) is 0 Å². The van der Waals surface area contributed by atoms with Gasteiger partial charge in [-0.3, -0.25) is 4.79 Å². The molecule has 3 rings (SSSR count). The molecule has 150 valence electrons. The van der Waals surface area contributed by atoms with E-state index in [9.17, 15) is 9.59 Å². The van der Waals surface area contributed by atoms with Crippen molar-refractivity contribution in [2.45, 2.75) is 33.0 Å². The van der Waals surface area contributed by atoms with Crippen molar-refractivity contribution in [2.75, 3.05) is 26.2 Å². The molecule has 0 saturated carbocycles. The Labute approximate surface area is 164 Å². The number of para-hydroxylation sites is 1. The van der Waals surface area contributed by atoms with E-state index in [-0.39, 0.29) is 24.4 Å². The first-order valence-electron chi connectivity index (χ1n) is 9.35. The van der Waals surface area contributed by atoms with E-state index in [0.29, 0.717) is 31.7 Å². The standard InChI is InChI=1S/C21H26N2O5/c1-21(2,3)28-20(25)23-12-10-22(11-13-23)19(24)18-16(9-14-26-18)15-27-17-7-5-4-6-8-17/h4-9,14H,10-13,15H2,1-3H3. The quantitative estimate of drug-likeness (QED) is 0.804. The summed E-state index contributed by atoms with van der Waals surface area (Å²) < 4.78 is 16.5. The van der Waals surface area contributed by atoms with E-state index >= 15 is 0 Å². The van der Waals surface area contributed by atoms with Gasteiger partial charge < -0.3 is 23.7 Å². The molecule has 0 bridgehead atoms. The fourth-order valence-corrected chi connectivity index (χ4v) is 2.88. The van der Waals surface area contributed by atoms with Crippen LogP contribution in [0, 0.1) is 0 Å². The van der Waals surface area contributed by atoms with E-state index in [2.05, 4.69) is 0 Å². The zero-order valence-electron chi connectivity index (χ0n) is 16.5. The second kappa shape index (κ2) is 8.37. The molecule has 2 heterocycles. The van der Waals surface area contributed by atoms with Crippen LogP contribution >= 0.6 is 0 Å². The third-order valence-corrected chi connectivity index (χ3v) is 4.30. The van der Waals surface area contributed by atoms with Gasteiger partial charge in [-0.05, 0) is 39.0 Å². The Hall–Kier alpha value is -2.96. The summed E-state index contributed by atoms with van der Waals surface area (Å²) >= 11 is 0. The molecule has 28 heavy (non-hydrogen) atoms. The van der Waals surface area contributed by atoms with Crippen LogP contribution in [0.4, 0.5) is 4.79 Å². The van der Waals surface area contributed by atoms with Crippen molar-refractivity contribution in [3.05, 3.63) is 54.0 Å². The predicted octanol–water partition coefficient (Wildman–Crippen LogP) is 3.55. The molecule has 0 N–H and O–H groups in total. The predicted molar refractivity (Wildman–Crippen MR) is 103 cm³/mol. The molecule has 7 heteroatoms. The smallest absolute Gasteiger partial charge is 0.410 e. The lowest BCUT2D eigenvalue weighted by Gasteiger charge is -2.35. The van der Waals surface area contributed by atoms with Crippen LogP contribution in [0.1, 0.15) is 36.9 Å². The summed E-state index contributed by atoms with van der Waals surface area (Å²) in [4.78, 5) is 28.3. The maximum Gasteiger partial charge on any atom is 0.410 e. The number of carbonyl (C=O) groups excluding carboxylic acids is 2. The molecule has 7 nitrogen and oxygen atoms in total. The Bertz CT molecular complexity index is 802. The van der Waals surface area contributed by atoms with Crippen molar-refractivity contribution in [3.63, 3.8) is 0 Å². The minimum atomic E-state index is -0.536. The number of nitrogens with zero attached hydrogens (tertiary/aromatic N) is 2. The number of rotatable bonds is 4. The molecule has 1 aromatic carbocycles. The molecule has 1 aliphatic heterocycles. The Morgan fingerprint density at radius 1 is 1.00 bits per heavy atom. The van der Waals surface area contributed by atoms with Gasteiger partial charge in [0.1, 0.15) is 18.0 Å². The molecular weight excluding hydrogens is 360 g/mol. The van der Waals surface area contributed by atoms with Crippen LogP contribution in [0.3, 0.4) is 0 Å². The Kier molecular flexibility index (Phi) is 5.92. The Morgan fingerprint density at radius 2 is 1.64 bits per heavy atom. The average molecular weight is 386 g/mol. The van der Waals surface area contributed by atoms with Crippen LogP contribution in [0.15, 0.2) is 47.1 Å². The molecule has 2 aromatic rings. The van der Waals surface area contributed by atoms with Gasteiger partial charge in [0.2, 0.25) is 0 Å². The van der Waals surface area contributed by atoms with E-state index in [1.807, 2.05) is 51.1 Å². The monoisotopic (exact) mass is 386 g/mol. The van der Waals surface area contributed by atoms with Gasteiger partial charge in [0.15, 0.2) is 5.76 Å². The van der Waals surface area contributed by atoms with E-state index in [1.165, 1.54) is 6.26 Å². The summed E-state index contributed by atoms with van der Waals surface area (Å²) in [5.41, 5.74) is 0.162. The SMILES string of the molecule is CC(C)(C)OC(=O)N1CCN(C(=O)c2occc2COc2ccccc2)CC1. The summed E-state index contributed by atoms with van der Waals surface area (Å²) in [5, 5.41) is 0. The van der Waals surface area contributed by atoms with Gasteiger partial charge in [-0.2, -0.15) is 0 Å². The first-order valence-corrected chi connectivity index (χ1v) is 9.35. The molecule has 0 unspecified atom stereocenters. The molecule has 1 aliphatic rings. The van der Waals surface area contributed by atoms with Gasteiger partial charge >= 0.3 is 6.09 Å². The second-order valence-electron chi connectivity index (χ2n) is 7.64. The number of hydrogen-bond donors (Lipinski definition) is 0. The first kappa shape index (κ1) is 19.8. The summed E-state index contributed by atoms with van der Waals surface area (Å²) in [5.74, 6) is 0.815. The van der Waals surface area contributed by atoms with Gasteiger partial charge in [-0.15, -0.1) is 0 Å². The fraction of sp³-hybridized carbons (Fsp3) is 0.429. The van der Waals surface area contributed by atoms with E-state index < -0.39 is 5.60 Å². The Balaban J connectivity index is 1.56. The largest absolute Gasteiger partial charge is 0.489 e. The third-order valence-electron chi connectivity index (χ3n) is 4.30. The van der Waals surface area contributed by atoms with Crippen LogP contribution in [0.5, 0.6) is 5.75 Å². The number of benzene rings is 1. The average Bonchev–Trinajstić information content (AvgIpc) is 3.14. The van der Waals surface area contributed by atoms with E-state index in [0.717, 1.165) is 5.75 Å². The van der Waals surface area contributed by atoms with E-state index in [4.69, 9.17) is 13.9 Å². The second-order valence-corrected chi connectivity index (χ2v) is 7.64. The first-order chi connectivity index (χ1) is 13.3. The van der Waals surface area contributed by atoms with Gasteiger partial charge in [0.25, 0.3) is 5.91 Å². The number of amides is 2. The normalized spacial score (nSPS) is 14.7. The van der Waals surface area contributed by atoms with Gasteiger partial charge in [0.05, 0.1) is 6.26 Å². The molecule has 0 atom stereocenters. The number of hydrogen-bond acceptors (Lipinski definition) is 5. The van der Waals surface area contributed by atoms with E-state index in [1.54, 1.807) is 15.9 Å². The van der Waals surface area contributed by atoms with Crippen LogP contribution < -0.4 is 4.74 Å². The topological polar surface area (TPSA) is 72.2 Å². The van der Waals surface area contributed by atoms with Crippen LogP contribution in [-0.4, -0.2) is 53.6 Å². The highest BCUT2D eigenvalue weighted by atomic mass is 16.6. The summed E-state index contributed by atoms with van der Waals surface area (Å²) in [6, 6.07) is 11.2. The molecular formula is C21H26N2O5. The molecule has 0 radical (unpaired) electrons. The number of carbonyl (C=O) groups is 2. The third kappa shape index (κ3) is 5.06. The van der Waals surface area contributed by atoms with Gasteiger partial charge in [0, 0.05) is 31.7 Å². The minimum Gasteiger partial charge on any atom is -0.489 e. The fourth-order valence-electron chi connectivity index (χ4n) is 2.88. The summed E-state index contributed by atoms with van der Waals surface area (Å²) in [6.07, 6.45) is 1.14. The molecule has 0 aliphatic carbocycles. The van der Waals surface area contributed by atoms with Crippen molar-refractivity contribution < 1.29 is 23.5 Å². The van der Waals surface area contributed by atoms with Crippen LogP contribution in [-0.2, 0) is 11.3 Å². The highest BCUT2D eigenvalue weighted by Gasteiger charge is 2.30. The minimum absolute atomic E-state index is 0.194. The molecule has 1 fully saturated rings. The Morgan fingerprint density at radius 3 is 2.29 bits per heavy atom. The zero-order valence-corrected chi connectivity index (χ0v) is 16.5. The van der Waals surface area contributed by atoms with Crippen molar-refractivity contribution in [3.8, 4) is 5.75 Å². The number of furan rings is 1. The van der Waals surface area contributed by atoms with Gasteiger partial charge in [-0.1, -0.05) is 18.2 Å². The molecule has 2 amide bonds. The summed E-state index contributed by atoms with van der Waals surface area (Å²) in [7, 11) is 0. The van der Waals surface area contributed by atoms with Crippen molar-refractivity contribution in [2.24, 2.45) is 0 Å². The maximum absolute atomic E-state index is 12.8. The maximum atomic E-state index is 12.8. The lowest BCUT2D eigenvalue weighted by Crippen LogP contribution is -2.51. The van der Waals surface area contributed by atoms with Crippen LogP contribution in [0.25, 0.3) is 0 Å². The lowest BCUT2D eigenvalue weighted by atomic mass is 10.2. The highest BCUT2D eigenvalue weighted by molar-refractivity contribution is 5.93. The van der Waals surface area contributed by atoms with Crippen LogP contribution in [0.2, 0.25) is 0 Å². The lowest BCUT2D eigenvalue weighted by molar-refractivity contribution is 0.0136. The number of piperazine rings is 1. The van der Waals surface area contributed by atoms with Gasteiger partial charge in [-0.25, -0.2) is 4.79 Å². The van der Waals surface area contributed by atoms with Crippen molar-refractivity contribution >= 4 is 12.0 Å².